The van der Waals surface area contributed by atoms with Gasteiger partial charge in [0.25, 0.3) is 5.91 Å². The van der Waals surface area contributed by atoms with E-state index in [1.54, 1.807) is 6.20 Å². The Morgan fingerprint density at radius 1 is 1.33 bits per heavy atom. The maximum Gasteiger partial charge on any atom is 0.255 e. The zero-order valence-corrected chi connectivity index (χ0v) is 11.9. The molecule has 3 N–H and O–H groups in total. The zero-order chi connectivity index (χ0) is 14.9. The van der Waals surface area contributed by atoms with E-state index in [9.17, 15) is 4.79 Å². The fraction of sp³-hybridized carbons (Fsp3) is 0.333. The molecule has 0 aliphatic heterocycles. The van der Waals surface area contributed by atoms with Gasteiger partial charge < -0.3 is 15.8 Å². The molecule has 0 saturated carbocycles. The summed E-state index contributed by atoms with van der Waals surface area (Å²) in [6, 6.07) is 9.54. The smallest absolute Gasteiger partial charge is 0.255 e. The molecule has 1 aromatic carbocycles. The summed E-state index contributed by atoms with van der Waals surface area (Å²) in [5.74, 6) is 0.175. The maximum absolute atomic E-state index is 10.6. The van der Waals surface area contributed by atoms with Crippen LogP contribution in [0.1, 0.15) is 12.0 Å². The Bertz CT molecular complexity index is 537. The predicted molar refractivity (Wildman–Crippen MR) is 79.7 cm³/mol. The summed E-state index contributed by atoms with van der Waals surface area (Å²) in [6.07, 6.45) is 4.78. The van der Waals surface area contributed by atoms with Gasteiger partial charge in [0, 0.05) is 25.5 Å². The van der Waals surface area contributed by atoms with Crippen LogP contribution in [0.25, 0.3) is 0 Å². The topological polar surface area (TPSA) is 82.2 Å². The number of nitrogens with one attached hydrogen (secondary N) is 1. The first kappa shape index (κ1) is 15.1. The van der Waals surface area contributed by atoms with Crippen LogP contribution >= 0.6 is 0 Å². The van der Waals surface area contributed by atoms with Crippen LogP contribution in [0.5, 0.6) is 5.75 Å². The van der Waals surface area contributed by atoms with Crippen LogP contribution in [0, 0.1) is 0 Å². The maximum atomic E-state index is 10.6. The van der Waals surface area contributed by atoms with E-state index >= 15 is 0 Å². The van der Waals surface area contributed by atoms with E-state index in [0.717, 1.165) is 26.1 Å². The Morgan fingerprint density at radius 3 is 2.81 bits per heavy atom. The van der Waals surface area contributed by atoms with E-state index < -0.39 is 5.91 Å². The molecule has 1 amide bonds. The molecule has 0 atom stereocenters. The number of rotatable bonds is 9. The molecule has 0 bridgehead atoms. The SMILES string of the molecule is NC(=O)COc1ccc(CNCCCn2cccn2)cc1. The largest absolute Gasteiger partial charge is 0.484 e. The number of aryl methyl sites for hydroxylation is 1. The highest BCUT2D eigenvalue weighted by Crippen LogP contribution is 2.11. The van der Waals surface area contributed by atoms with Gasteiger partial charge in [0.05, 0.1) is 0 Å². The number of ether oxygens (including phenoxy) is 1. The molecule has 6 nitrogen and oxygen atoms in total. The Kier molecular flexibility index (Phi) is 5.78. The number of aromatic nitrogens is 2. The lowest BCUT2D eigenvalue weighted by Crippen LogP contribution is -2.20. The number of hydrogen-bond donors (Lipinski definition) is 2. The second kappa shape index (κ2) is 8.06. The number of nitrogens with two attached hydrogens (primary N) is 1. The van der Waals surface area contributed by atoms with Crippen molar-refractivity contribution in [2.45, 2.75) is 19.5 Å². The number of carbonyl (C=O) groups excluding carboxylic acids is 1. The van der Waals surface area contributed by atoms with Gasteiger partial charge >= 0.3 is 0 Å². The quantitative estimate of drug-likeness (QED) is 0.672. The van der Waals surface area contributed by atoms with Gasteiger partial charge in [-0.25, -0.2) is 0 Å². The molecule has 0 saturated heterocycles. The molecule has 21 heavy (non-hydrogen) atoms. The van der Waals surface area contributed by atoms with Gasteiger partial charge in [0.15, 0.2) is 6.61 Å². The van der Waals surface area contributed by atoms with Crippen LogP contribution in [0.2, 0.25) is 0 Å². The number of primary amides is 1. The molecular weight excluding hydrogens is 268 g/mol. The summed E-state index contributed by atoms with van der Waals surface area (Å²) in [4.78, 5) is 10.6. The number of amides is 1. The van der Waals surface area contributed by atoms with Gasteiger partial charge in [0.2, 0.25) is 0 Å². The number of hydrogen-bond acceptors (Lipinski definition) is 4. The molecule has 2 rings (SSSR count). The number of benzene rings is 1. The zero-order valence-electron chi connectivity index (χ0n) is 11.9. The molecule has 0 radical (unpaired) electrons. The van der Waals surface area contributed by atoms with Crippen molar-refractivity contribution in [1.82, 2.24) is 15.1 Å². The van der Waals surface area contributed by atoms with E-state index in [2.05, 4.69) is 10.4 Å². The van der Waals surface area contributed by atoms with Gasteiger partial charge in [-0.1, -0.05) is 12.1 Å². The van der Waals surface area contributed by atoms with Crippen LogP contribution in [0.4, 0.5) is 0 Å². The molecule has 112 valence electrons. The van der Waals surface area contributed by atoms with Crippen LogP contribution in [0.15, 0.2) is 42.7 Å². The Morgan fingerprint density at radius 2 is 2.14 bits per heavy atom. The summed E-state index contributed by atoms with van der Waals surface area (Å²) in [7, 11) is 0. The molecule has 0 spiro atoms. The minimum Gasteiger partial charge on any atom is -0.484 e. The van der Waals surface area contributed by atoms with Crippen LogP contribution in [-0.2, 0) is 17.9 Å². The first-order valence-electron chi connectivity index (χ1n) is 6.92. The second-order valence-corrected chi connectivity index (χ2v) is 4.70. The lowest BCUT2D eigenvalue weighted by atomic mass is 10.2. The van der Waals surface area contributed by atoms with Gasteiger partial charge in [-0.3, -0.25) is 9.48 Å². The Balaban J connectivity index is 1.63. The third-order valence-corrected chi connectivity index (χ3v) is 2.93. The van der Waals surface area contributed by atoms with Gasteiger partial charge in [-0.15, -0.1) is 0 Å². The lowest BCUT2D eigenvalue weighted by molar-refractivity contribution is -0.119. The fourth-order valence-electron chi connectivity index (χ4n) is 1.89. The highest BCUT2D eigenvalue weighted by molar-refractivity contribution is 5.75. The van der Waals surface area contributed by atoms with Crippen molar-refractivity contribution < 1.29 is 9.53 Å². The van der Waals surface area contributed by atoms with E-state index in [1.165, 1.54) is 5.56 Å². The molecule has 0 unspecified atom stereocenters. The predicted octanol–water partition coefficient (Wildman–Crippen LogP) is 0.927. The van der Waals surface area contributed by atoms with Crippen LogP contribution < -0.4 is 15.8 Å². The lowest BCUT2D eigenvalue weighted by Gasteiger charge is -2.07. The molecule has 0 fully saturated rings. The number of carbonyl (C=O) groups is 1. The summed E-state index contributed by atoms with van der Waals surface area (Å²) < 4.78 is 7.13. The average molecular weight is 288 g/mol. The first-order chi connectivity index (χ1) is 10.2. The van der Waals surface area contributed by atoms with E-state index in [4.69, 9.17) is 10.5 Å². The van der Waals surface area contributed by atoms with Crippen molar-refractivity contribution in [2.75, 3.05) is 13.2 Å². The molecule has 1 heterocycles. The van der Waals surface area contributed by atoms with Crippen molar-refractivity contribution in [3.8, 4) is 5.75 Å². The molecule has 6 heteroatoms. The van der Waals surface area contributed by atoms with Crippen LogP contribution in [-0.4, -0.2) is 28.8 Å². The molecule has 2 aromatic rings. The molecule has 0 aliphatic rings. The highest BCUT2D eigenvalue weighted by Gasteiger charge is 1.98. The normalized spacial score (nSPS) is 10.5. The average Bonchev–Trinajstić information content (AvgIpc) is 2.99. The Hall–Kier alpha value is -2.34. The van der Waals surface area contributed by atoms with Crippen molar-refractivity contribution in [3.63, 3.8) is 0 Å². The van der Waals surface area contributed by atoms with E-state index in [0.29, 0.717) is 5.75 Å². The summed E-state index contributed by atoms with van der Waals surface area (Å²) in [5, 5.41) is 7.53. The van der Waals surface area contributed by atoms with Gasteiger partial charge in [-0.2, -0.15) is 5.10 Å². The molecule has 0 aliphatic carbocycles. The van der Waals surface area contributed by atoms with E-state index in [1.807, 2.05) is 41.2 Å². The molecule has 1 aromatic heterocycles. The summed E-state index contributed by atoms with van der Waals surface area (Å²) in [6.45, 7) is 2.56. The van der Waals surface area contributed by atoms with Crippen molar-refractivity contribution >= 4 is 5.91 Å². The van der Waals surface area contributed by atoms with Gasteiger partial charge in [-0.05, 0) is 36.7 Å². The second-order valence-electron chi connectivity index (χ2n) is 4.70. The summed E-state index contributed by atoms with van der Waals surface area (Å²) in [5.41, 5.74) is 6.19. The van der Waals surface area contributed by atoms with E-state index in [-0.39, 0.29) is 6.61 Å². The van der Waals surface area contributed by atoms with Crippen LogP contribution in [0.3, 0.4) is 0 Å². The molecular formula is C15H20N4O2. The third kappa shape index (κ3) is 5.66. The highest BCUT2D eigenvalue weighted by atomic mass is 16.5. The number of nitrogens with zero attached hydrogens (tertiary/aromatic N) is 2. The minimum atomic E-state index is -0.474. The van der Waals surface area contributed by atoms with Gasteiger partial charge in [0.1, 0.15) is 5.75 Å². The minimum absolute atomic E-state index is 0.0922. The van der Waals surface area contributed by atoms with Crippen molar-refractivity contribution in [2.24, 2.45) is 5.73 Å². The summed E-state index contributed by atoms with van der Waals surface area (Å²) >= 11 is 0. The standard InChI is InChI=1S/C15H20N4O2/c16-15(20)12-21-14-5-3-13(4-6-14)11-17-7-1-9-19-10-2-8-18-19/h2-6,8,10,17H,1,7,9,11-12H2,(H2,16,20). The Labute approximate surface area is 123 Å². The first-order valence-corrected chi connectivity index (χ1v) is 6.92. The fourth-order valence-corrected chi connectivity index (χ4v) is 1.89. The monoisotopic (exact) mass is 288 g/mol. The van der Waals surface area contributed by atoms with Crippen molar-refractivity contribution in [3.05, 3.63) is 48.3 Å². The third-order valence-electron chi connectivity index (χ3n) is 2.93. The van der Waals surface area contributed by atoms with Crippen molar-refractivity contribution in [1.29, 1.82) is 0 Å².